The fourth-order valence-electron chi connectivity index (χ4n) is 2.61. The van der Waals surface area contributed by atoms with E-state index in [1.54, 1.807) is 0 Å². The lowest BCUT2D eigenvalue weighted by Crippen LogP contribution is -2.71. The molecule has 2 fully saturated rings. The highest BCUT2D eigenvalue weighted by atomic mass is 16.8. The van der Waals surface area contributed by atoms with Crippen molar-refractivity contribution in [2.24, 2.45) is 0 Å². The molecule has 24 heavy (non-hydrogen) atoms. The Kier molecular flexibility index (Phi) is 3.87. The van der Waals surface area contributed by atoms with Gasteiger partial charge < -0.3 is 34.0 Å². The summed E-state index contributed by atoms with van der Waals surface area (Å²) in [5.74, 6) is -12.6. The van der Waals surface area contributed by atoms with Crippen molar-refractivity contribution in [2.45, 2.75) is 30.0 Å². The number of aliphatic carboxylic acids is 1. The highest BCUT2D eigenvalue weighted by Crippen LogP contribution is 2.40. The number of aliphatic hydroxyl groups is 2. The van der Waals surface area contributed by atoms with Crippen molar-refractivity contribution in [1.29, 1.82) is 0 Å². The number of ether oxygens (including phenoxy) is 3. The van der Waals surface area contributed by atoms with E-state index in [0.29, 0.717) is 0 Å². The zero-order chi connectivity index (χ0) is 18.6. The van der Waals surface area contributed by atoms with Gasteiger partial charge in [0.15, 0.2) is 12.1 Å². The van der Waals surface area contributed by atoms with Crippen molar-refractivity contribution in [2.75, 3.05) is 27.7 Å². The minimum Gasteiger partial charge on any atom is -0.475 e. The molecule has 0 aromatic rings. The van der Waals surface area contributed by atoms with Crippen LogP contribution < -0.4 is 0 Å². The lowest BCUT2D eigenvalue weighted by Gasteiger charge is -2.43. The monoisotopic (exact) mass is 348 g/mol. The first-order chi connectivity index (χ1) is 10.7. The van der Waals surface area contributed by atoms with Crippen LogP contribution in [0.4, 0.5) is 0 Å². The fourth-order valence-corrected chi connectivity index (χ4v) is 2.61. The maximum Gasteiger partial charge on any atom is 0.429 e. The third kappa shape index (κ3) is 2.81. The van der Waals surface area contributed by atoms with Crippen molar-refractivity contribution < 1.29 is 53.2 Å². The van der Waals surface area contributed by atoms with E-state index in [0.717, 1.165) is 0 Å². The van der Waals surface area contributed by atoms with Crippen LogP contribution in [0.25, 0.3) is 0 Å². The topological polar surface area (TPSA) is 157 Å². The quantitative estimate of drug-likeness (QED) is 0.363. The molecule has 2 rings (SSSR count). The third-order valence-electron chi connectivity index (χ3n) is 3.51. The average Bonchev–Trinajstić information content (AvgIpc) is 2.40. The lowest BCUT2D eigenvalue weighted by molar-refractivity contribution is -0.882. The Morgan fingerprint density at radius 1 is 1.04 bits per heavy atom. The summed E-state index contributed by atoms with van der Waals surface area (Å²) in [5.41, 5.74) is -2.64. The van der Waals surface area contributed by atoms with Gasteiger partial charge in [-0.15, -0.1) is 0 Å². The second-order valence-corrected chi connectivity index (χ2v) is 6.88. The predicted molar refractivity (Wildman–Crippen MR) is 70.7 cm³/mol. The zero-order valence-electron chi connectivity index (χ0n) is 13.3. The number of nitrogens with zero attached hydrogens (tertiary/aromatic N) is 1. The van der Waals surface area contributed by atoms with Gasteiger partial charge in [-0.3, -0.25) is 9.59 Å². The molecule has 2 heterocycles. The molecule has 0 amide bonds. The van der Waals surface area contributed by atoms with Gasteiger partial charge in [-0.1, -0.05) is 0 Å². The molecule has 11 nitrogen and oxygen atoms in total. The summed E-state index contributed by atoms with van der Waals surface area (Å²) in [5, 5.41) is 30.4. The van der Waals surface area contributed by atoms with Gasteiger partial charge in [-0.25, -0.2) is 9.59 Å². The van der Waals surface area contributed by atoms with Gasteiger partial charge in [-0.2, -0.15) is 0 Å². The van der Waals surface area contributed by atoms with E-state index in [9.17, 15) is 34.5 Å². The summed E-state index contributed by atoms with van der Waals surface area (Å²) in [6, 6.07) is 0. The molecule has 2 saturated heterocycles. The standard InChI is InChI=1S/C13H17NO10/c1-14(2,3)6-12(21)13(9(17)18)23-8(16)5-11(20,10(19)24-13)4-7(15)22-12/h20-21H,4-6H2,1-3H3/p+1. The molecule has 0 radical (unpaired) electrons. The van der Waals surface area contributed by atoms with Gasteiger partial charge >= 0.3 is 35.5 Å². The zero-order valence-corrected chi connectivity index (χ0v) is 13.3. The highest BCUT2D eigenvalue weighted by Gasteiger charge is 2.73. The first-order valence-corrected chi connectivity index (χ1v) is 6.89. The molecule has 2 aliphatic rings. The van der Waals surface area contributed by atoms with Crippen molar-refractivity contribution >= 4 is 23.9 Å². The average molecular weight is 348 g/mol. The second-order valence-electron chi connectivity index (χ2n) is 6.88. The maximum absolute atomic E-state index is 12.1. The molecule has 3 unspecified atom stereocenters. The minimum atomic E-state index is -3.34. The van der Waals surface area contributed by atoms with Gasteiger partial charge in [-0.05, 0) is 0 Å². The maximum atomic E-state index is 12.1. The molecule has 0 spiro atoms. The third-order valence-corrected chi connectivity index (χ3v) is 3.51. The number of carboxylic acid groups (broad SMARTS) is 1. The Morgan fingerprint density at radius 2 is 1.54 bits per heavy atom. The van der Waals surface area contributed by atoms with Gasteiger partial charge in [0.1, 0.15) is 0 Å². The van der Waals surface area contributed by atoms with Crippen molar-refractivity contribution in [3.8, 4) is 0 Å². The summed E-state index contributed by atoms with van der Waals surface area (Å²) in [6.45, 7) is -0.593. The number of carbonyl (C=O) groups excluding carboxylic acids is 3. The molecule has 3 N–H and O–H groups in total. The van der Waals surface area contributed by atoms with Crippen LogP contribution in [0.5, 0.6) is 0 Å². The van der Waals surface area contributed by atoms with E-state index in [2.05, 4.69) is 9.47 Å². The van der Waals surface area contributed by atoms with Crippen LogP contribution in [0, 0.1) is 0 Å². The Hall–Kier alpha value is -2.24. The van der Waals surface area contributed by atoms with Crippen LogP contribution in [-0.4, -0.2) is 88.5 Å². The molecule has 11 heteroatoms. The molecular weight excluding hydrogens is 330 g/mol. The first-order valence-electron chi connectivity index (χ1n) is 6.89. The van der Waals surface area contributed by atoms with Crippen LogP contribution in [-0.2, 0) is 33.4 Å². The van der Waals surface area contributed by atoms with Crippen molar-refractivity contribution in [1.82, 2.24) is 0 Å². The number of quaternary nitrogens is 1. The normalized spacial score (nSPS) is 36.8. The van der Waals surface area contributed by atoms with Gasteiger partial charge in [0, 0.05) is 0 Å². The number of likely N-dealkylation sites (N-methyl/N-ethyl adjacent to an activating group) is 1. The summed E-state index contributed by atoms with van der Waals surface area (Å²) in [6.07, 6.45) is -2.02. The molecular formula is C13H18NO10+. The summed E-state index contributed by atoms with van der Waals surface area (Å²) >= 11 is 0. The fraction of sp³-hybridized carbons (Fsp3) is 0.692. The number of cyclic esters (lactones) is 1. The molecule has 0 aromatic carbocycles. The molecule has 0 aliphatic carbocycles. The van der Waals surface area contributed by atoms with E-state index in [4.69, 9.17) is 4.74 Å². The number of carbonyl (C=O) groups is 4. The Bertz CT molecular complexity index is 625. The van der Waals surface area contributed by atoms with E-state index < -0.39 is 60.4 Å². The first kappa shape index (κ1) is 18.1. The highest BCUT2D eigenvalue weighted by molar-refractivity contribution is 5.96. The van der Waals surface area contributed by atoms with E-state index in [1.807, 2.05) is 0 Å². The summed E-state index contributed by atoms with van der Waals surface area (Å²) in [4.78, 5) is 47.8. The van der Waals surface area contributed by atoms with Crippen molar-refractivity contribution in [3.63, 3.8) is 0 Å². The van der Waals surface area contributed by atoms with Crippen LogP contribution in [0.15, 0.2) is 0 Å². The van der Waals surface area contributed by atoms with E-state index in [1.165, 1.54) is 21.1 Å². The number of hydrogen-bond acceptors (Lipinski definition) is 9. The summed E-state index contributed by atoms with van der Waals surface area (Å²) < 4.78 is 14.0. The lowest BCUT2D eigenvalue weighted by atomic mass is 9.95. The van der Waals surface area contributed by atoms with Crippen molar-refractivity contribution in [3.05, 3.63) is 0 Å². The van der Waals surface area contributed by atoms with Gasteiger partial charge in [0.25, 0.3) is 0 Å². The Morgan fingerprint density at radius 3 is 2.00 bits per heavy atom. The number of carboxylic acids is 1. The van der Waals surface area contributed by atoms with E-state index >= 15 is 0 Å². The second kappa shape index (κ2) is 5.13. The number of rotatable bonds is 3. The molecule has 0 saturated carbocycles. The smallest absolute Gasteiger partial charge is 0.429 e. The SMILES string of the molecule is C[N+](C)(C)CC1(O)OC(=O)CC2(O)CC(=O)OC1(C(=O)O)OC2=O. The number of esters is 3. The predicted octanol–water partition coefficient (Wildman–Crippen LogP) is -2.67. The minimum absolute atomic E-state index is 0.141. The molecule has 3 atom stereocenters. The van der Waals surface area contributed by atoms with Gasteiger partial charge in [0.2, 0.25) is 0 Å². The summed E-state index contributed by atoms with van der Waals surface area (Å²) in [7, 11) is 4.57. The van der Waals surface area contributed by atoms with Crippen LogP contribution in [0.2, 0.25) is 0 Å². The largest absolute Gasteiger partial charge is 0.475 e. The van der Waals surface area contributed by atoms with Crippen LogP contribution in [0.1, 0.15) is 12.8 Å². The van der Waals surface area contributed by atoms with Gasteiger partial charge in [0.05, 0.1) is 34.0 Å². The Balaban J connectivity index is 2.70. The van der Waals surface area contributed by atoms with E-state index in [-0.39, 0.29) is 4.48 Å². The Labute approximate surface area is 135 Å². The molecule has 134 valence electrons. The van der Waals surface area contributed by atoms with Crippen LogP contribution in [0.3, 0.4) is 0 Å². The number of fused-ring (bicyclic) bond motifs is 3. The van der Waals surface area contributed by atoms with Crippen LogP contribution >= 0.6 is 0 Å². The molecule has 0 aromatic heterocycles. The molecule has 2 aliphatic heterocycles. The molecule has 2 bridgehead atoms. The number of hydrogen-bond donors (Lipinski definition) is 3.